The molecule has 1 aliphatic rings. The van der Waals surface area contributed by atoms with Crippen LogP contribution in [0.3, 0.4) is 0 Å². The molecule has 1 aromatic heterocycles. The van der Waals surface area contributed by atoms with Gasteiger partial charge in [-0.15, -0.1) is 5.10 Å². The standard InChI is InChI=1S/C11H20N4OS/c1-2-6-15-10(16)13-14-11(15)17-9-5-3-4-8(12)7-9/h8-9H,2-7,12H2,1H3,(H,13,16). The summed E-state index contributed by atoms with van der Waals surface area (Å²) in [5.74, 6) is 0. The van der Waals surface area contributed by atoms with Crippen LogP contribution in [-0.4, -0.2) is 26.1 Å². The van der Waals surface area contributed by atoms with Gasteiger partial charge in [0.1, 0.15) is 0 Å². The van der Waals surface area contributed by atoms with E-state index in [2.05, 4.69) is 17.1 Å². The Kier molecular flexibility index (Phi) is 4.28. The minimum atomic E-state index is -0.102. The van der Waals surface area contributed by atoms with Crippen LogP contribution >= 0.6 is 11.8 Å². The van der Waals surface area contributed by atoms with Crippen molar-refractivity contribution in [3.05, 3.63) is 10.5 Å². The normalized spacial score (nSPS) is 25.1. The molecule has 1 heterocycles. The molecule has 6 heteroatoms. The zero-order valence-corrected chi connectivity index (χ0v) is 11.0. The van der Waals surface area contributed by atoms with Crippen LogP contribution in [0.15, 0.2) is 9.95 Å². The second kappa shape index (κ2) is 5.73. The maximum Gasteiger partial charge on any atom is 0.343 e. The molecule has 0 amide bonds. The molecular formula is C11H20N4OS. The van der Waals surface area contributed by atoms with Gasteiger partial charge in [-0.1, -0.05) is 25.1 Å². The Morgan fingerprint density at radius 2 is 2.41 bits per heavy atom. The highest BCUT2D eigenvalue weighted by atomic mass is 32.2. The van der Waals surface area contributed by atoms with Crippen LogP contribution in [0, 0.1) is 0 Å². The number of nitrogens with one attached hydrogen (secondary N) is 1. The van der Waals surface area contributed by atoms with Crippen molar-refractivity contribution >= 4 is 11.8 Å². The average molecular weight is 256 g/mol. The number of hydrogen-bond donors (Lipinski definition) is 2. The van der Waals surface area contributed by atoms with E-state index in [1.54, 1.807) is 16.3 Å². The van der Waals surface area contributed by atoms with Gasteiger partial charge in [-0.25, -0.2) is 9.89 Å². The average Bonchev–Trinajstić information content (AvgIpc) is 2.62. The topological polar surface area (TPSA) is 76.7 Å². The molecule has 1 aromatic rings. The summed E-state index contributed by atoms with van der Waals surface area (Å²) in [5.41, 5.74) is 5.87. The Balaban J connectivity index is 2.04. The molecular weight excluding hydrogens is 236 g/mol. The summed E-state index contributed by atoms with van der Waals surface area (Å²) in [6.07, 6.45) is 5.45. The van der Waals surface area contributed by atoms with E-state index in [9.17, 15) is 4.79 Å². The molecule has 2 rings (SSSR count). The molecule has 2 atom stereocenters. The van der Waals surface area contributed by atoms with Gasteiger partial charge in [-0.2, -0.15) is 0 Å². The van der Waals surface area contributed by atoms with Gasteiger partial charge in [0.25, 0.3) is 0 Å². The van der Waals surface area contributed by atoms with Crippen LogP contribution in [-0.2, 0) is 6.54 Å². The van der Waals surface area contributed by atoms with Gasteiger partial charge in [-0.3, -0.25) is 4.57 Å². The van der Waals surface area contributed by atoms with Crippen LogP contribution in [0.4, 0.5) is 0 Å². The molecule has 3 N–H and O–H groups in total. The molecule has 0 aromatic carbocycles. The molecule has 5 nitrogen and oxygen atoms in total. The van der Waals surface area contributed by atoms with Gasteiger partial charge in [-0.05, 0) is 25.7 Å². The van der Waals surface area contributed by atoms with Crippen LogP contribution in [0.1, 0.15) is 39.0 Å². The van der Waals surface area contributed by atoms with Crippen molar-refractivity contribution < 1.29 is 0 Å². The monoisotopic (exact) mass is 256 g/mol. The first kappa shape index (κ1) is 12.7. The van der Waals surface area contributed by atoms with Crippen LogP contribution < -0.4 is 11.4 Å². The summed E-state index contributed by atoms with van der Waals surface area (Å²) in [7, 11) is 0. The summed E-state index contributed by atoms with van der Waals surface area (Å²) in [6, 6.07) is 0.312. The quantitative estimate of drug-likeness (QED) is 0.852. The first-order valence-electron chi connectivity index (χ1n) is 6.28. The van der Waals surface area contributed by atoms with Crippen molar-refractivity contribution in [2.45, 2.75) is 62.0 Å². The molecule has 0 radical (unpaired) electrons. The summed E-state index contributed by atoms with van der Waals surface area (Å²) >= 11 is 1.70. The lowest BCUT2D eigenvalue weighted by atomic mass is 9.96. The predicted octanol–water partition coefficient (Wildman–Crippen LogP) is 1.34. The van der Waals surface area contributed by atoms with Crippen molar-refractivity contribution in [1.29, 1.82) is 0 Å². The van der Waals surface area contributed by atoms with E-state index >= 15 is 0 Å². The third kappa shape index (κ3) is 3.13. The fourth-order valence-electron chi connectivity index (χ4n) is 2.25. The molecule has 1 aliphatic carbocycles. The number of hydrogen-bond acceptors (Lipinski definition) is 4. The minimum Gasteiger partial charge on any atom is -0.328 e. The van der Waals surface area contributed by atoms with Gasteiger partial charge in [0, 0.05) is 17.8 Å². The van der Waals surface area contributed by atoms with Crippen molar-refractivity contribution in [2.75, 3.05) is 0 Å². The smallest absolute Gasteiger partial charge is 0.328 e. The van der Waals surface area contributed by atoms with Crippen molar-refractivity contribution in [3.8, 4) is 0 Å². The van der Waals surface area contributed by atoms with E-state index in [1.807, 2.05) is 0 Å². The van der Waals surface area contributed by atoms with Crippen molar-refractivity contribution in [3.63, 3.8) is 0 Å². The number of aromatic nitrogens is 3. The Bertz CT molecular complexity index is 414. The summed E-state index contributed by atoms with van der Waals surface area (Å²) < 4.78 is 1.73. The Morgan fingerprint density at radius 3 is 3.12 bits per heavy atom. The third-order valence-corrected chi connectivity index (χ3v) is 4.39. The summed E-state index contributed by atoms with van der Waals surface area (Å²) in [4.78, 5) is 11.5. The SMILES string of the molecule is CCCn1c(SC2CCCC(N)C2)n[nH]c1=O. The molecule has 1 fully saturated rings. The molecule has 0 bridgehead atoms. The number of aromatic amines is 1. The van der Waals surface area contributed by atoms with Crippen molar-refractivity contribution in [1.82, 2.24) is 14.8 Å². The van der Waals surface area contributed by atoms with E-state index in [0.29, 0.717) is 11.3 Å². The first-order valence-corrected chi connectivity index (χ1v) is 7.16. The van der Waals surface area contributed by atoms with Crippen molar-refractivity contribution in [2.24, 2.45) is 5.73 Å². The highest BCUT2D eigenvalue weighted by Gasteiger charge is 2.22. The van der Waals surface area contributed by atoms with E-state index < -0.39 is 0 Å². The van der Waals surface area contributed by atoms with Gasteiger partial charge in [0.2, 0.25) is 0 Å². The maximum absolute atomic E-state index is 11.5. The van der Waals surface area contributed by atoms with Gasteiger partial charge >= 0.3 is 5.69 Å². The Hall–Kier alpha value is -0.750. The molecule has 2 unspecified atom stereocenters. The van der Waals surface area contributed by atoms with E-state index in [-0.39, 0.29) is 5.69 Å². The summed E-state index contributed by atoms with van der Waals surface area (Å²) in [5, 5.41) is 7.95. The second-order valence-electron chi connectivity index (χ2n) is 4.63. The number of nitrogens with zero attached hydrogens (tertiary/aromatic N) is 2. The molecule has 96 valence electrons. The minimum absolute atomic E-state index is 0.102. The highest BCUT2D eigenvalue weighted by molar-refractivity contribution is 7.99. The van der Waals surface area contributed by atoms with Gasteiger partial charge < -0.3 is 5.73 Å². The lowest BCUT2D eigenvalue weighted by molar-refractivity contribution is 0.450. The Morgan fingerprint density at radius 1 is 1.59 bits per heavy atom. The number of thioether (sulfide) groups is 1. The molecule has 0 aliphatic heterocycles. The number of H-pyrrole nitrogens is 1. The fraction of sp³-hybridized carbons (Fsp3) is 0.818. The fourth-order valence-corrected chi connectivity index (χ4v) is 3.58. The maximum atomic E-state index is 11.5. The summed E-state index contributed by atoms with van der Waals surface area (Å²) in [6.45, 7) is 2.79. The Labute approximate surface area is 105 Å². The number of nitrogens with two attached hydrogens (primary N) is 1. The van der Waals surface area contributed by atoms with Crippen LogP contribution in [0.5, 0.6) is 0 Å². The highest BCUT2D eigenvalue weighted by Crippen LogP contribution is 2.31. The number of rotatable bonds is 4. The molecule has 0 saturated heterocycles. The van der Waals surface area contributed by atoms with E-state index in [0.717, 1.165) is 31.0 Å². The van der Waals surface area contributed by atoms with Gasteiger partial charge in [0.15, 0.2) is 5.16 Å². The zero-order chi connectivity index (χ0) is 12.3. The van der Waals surface area contributed by atoms with Crippen LogP contribution in [0.2, 0.25) is 0 Å². The molecule has 17 heavy (non-hydrogen) atoms. The van der Waals surface area contributed by atoms with E-state index in [4.69, 9.17) is 5.73 Å². The largest absolute Gasteiger partial charge is 0.343 e. The lowest BCUT2D eigenvalue weighted by Gasteiger charge is -2.25. The predicted molar refractivity (Wildman–Crippen MR) is 69.2 cm³/mol. The van der Waals surface area contributed by atoms with Gasteiger partial charge in [0.05, 0.1) is 0 Å². The third-order valence-electron chi connectivity index (χ3n) is 3.11. The zero-order valence-electron chi connectivity index (χ0n) is 10.2. The lowest BCUT2D eigenvalue weighted by Crippen LogP contribution is -2.29. The molecule has 0 spiro atoms. The van der Waals surface area contributed by atoms with E-state index in [1.165, 1.54) is 12.8 Å². The molecule has 1 saturated carbocycles. The second-order valence-corrected chi connectivity index (χ2v) is 5.90. The first-order chi connectivity index (χ1) is 8.20. The van der Waals surface area contributed by atoms with Crippen LogP contribution in [0.25, 0.3) is 0 Å².